The Labute approximate surface area is 141 Å². The third-order valence-electron chi connectivity index (χ3n) is 3.05. The number of carboxylic acid groups (broad SMARTS) is 1. The number of aromatic carboxylic acids is 1. The standard InChI is InChI=1S/C14H17N3O4S2/c1-3-21-8(18)5-4-6-22-14-16-11(15)9-7(2)10(13(19)20)23-12(9)17-14/h3-6H2,1-2H3,(H,19,20)(H2,15,16,17). The van der Waals surface area contributed by atoms with Crippen molar-refractivity contribution in [1.29, 1.82) is 0 Å². The molecule has 0 bridgehead atoms. The van der Waals surface area contributed by atoms with Crippen LogP contribution in [0.25, 0.3) is 10.2 Å². The highest BCUT2D eigenvalue weighted by molar-refractivity contribution is 7.99. The van der Waals surface area contributed by atoms with Crippen LogP contribution < -0.4 is 5.73 Å². The maximum Gasteiger partial charge on any atom is 0.346 e. The third kappa shape index (κ3) is 4.11. The summed E-state index contributed by atoms with van der Waals surface area (Å²) in [4.78, 5) is 31.8. The van der Waals surface area contributed by atoms with Gasteiger partial charge in [0, 0.05) is 12.2 Å². The number of hydrogen-bond acceptors (Lipinski definition) is 8. The number of ether oxygens (including phenoxy) is 1. The number of nitrogens with two attached hydrogens (primary N) is 1. The summed E-state index contributed by atoms with van der Waals surface area (Å²) in [6, 6.07) is 0. The van der Waals surface area contributed by atoms with E-state index in [0.29, 0.717) is 46.1 Å². The van der Waals surface area contributed by atoms with Gasteiger partial charge in [0.25, 0.3) is 0 Å². The molecule has 2 aromatic heterocycles. The van der Waals surface area contributed by atoms with Crippen LogP contribution in [-0.4, -0.2) is 39.4 Å². The van der Waals surface area contributed by atoms with Gasteiger partial charge < -0.3 is 15.6 Å². The van der Waals surface area contributed by atoms with Crippen molar-refractivity contribution < 1.29 is 19.4 Å². The number of carboxylic acids is 1. The number of thiophene rings is 1. The Morgan fingerprint density at radius 2 is 2.13 bits per heavy atom. The minimum Gasteiger partial charge on any atom is -0.477 e. The lowest BCUT2D eigenvalue weighted by atomic mass is 10.2. The molecule has 2 rings (SSSR count). The molecule has 0 saturated carbocycles. The molecule has 0 saturated heterocycles. The lowest BCUT2D eigenvalue weighted by molar-refractivity contribution is -0.143. The predicted molar refractivity (Wildman–Crippen MR) is 90.1 cm³/mol. The zero-order valence-corrected chi connectivity index (χ0v) is 14.4. The maximum absolute atomic E-state index is 11.3. The van der Waals surface area contributed by atoms with Gasteiger partial charge in [-0.15, -0.1) is 11.3 Å². The Kier molecular flexibility index (Phi) is 5.78. The Morgan fingerprint density at radius 1 is 1.39 bits per heavy atom. The largest absolute Gasteiger partial charge is 0.477 e. The molecule has 0 aliphatic rings. The van der Waals surface area contributed by atoms with Gasteiger partial charge in [-0.1, -0.05) is 11.8 Å². The molecule has 2 aromatic rings. The van der Waals surface area contributed by atoms with Gasteiger partial charge in [-0.25, -0.2) is 14.8 Å². The molecular weight excluding hydrogens is 338 g/mol. The van der Waals surface area contributed by atoms with Crippen molar-refractivity contribution in [2.75, 3.05) is 18.1 Å². The van der Waals surface area contributed by atoms with E-state index in [1.807, 2.05) is 0 Å². The molecule has 0 aliphatic heterocycles. The number of anilines is 1. The third-order valence-corrected chi connectivity index (χ3v) is 5.16. The molecule has 0 aliphatic carbocycles. The van der Waals surface area contributed by atoms with Crippen molar-refractivity contribution in [3.63, 3.8) is 0 Å². The summed E-state index contributed by atoms with van der Waals surface area (Å²) in [6.07, 6.45) is 0.995. The number of hydrogen-bond donors (Lipinski definition) is 2. The summed E-state index contributed by atoms with van der Waals surface area (Å²) >= 11 is 2.48. The minimum absolute atomic E-state index is 0.219. The summed E-state index contributed by atoms with van der Waals surface area (Å²) in [6.45, 7) is 3.85. The van der Waals surface area contributed by atoms with Crippen LogP contribution in [0, 0.1) is 6.92 Å². The number of nitrogens with zero attached hydrogens (tertiary/aromatic N) is 2. The molecule has 0 spiro atoms. The summed E-state index contributed by atoms with van der Waals surface area (Å²) in [5.74, 6) is -0.276. The first-order valence-electron chi connectivity index (χ1n) is 7.02. The lowest BCUT2D eigenvalue weighted by Gasteiger charge is -2.03. The molecular formula is C14H17N3O4S2. The predicted octanol–water partition coefficient (Wildman–Crippen LogP) is 2.72. The van der Waals surface area contributed by atoms with Crippen LogP contribution >= 0.6 is 23.1 Å². The number of nitrogen functional groups attached to an aromatic ring is 1. The summed E-state index contributed by atoms with van der Waals surface area (Å²) in [5, 5.41) is 10.3. The van der Waals surface area contributed by atoms with E-state index in [1.54, 1.807) is 13.8 Å². The van der Waals surface area contributed by atoms with Crippen molar-refractivity contribution in [2.45, 2.75) is 31.8 Å². The Hall–Kier alpha value is -1.87. The first kappa shape index (κ1) is 17.5. The number of carbonyl (C=O) groups is 2. The number of fused-ring (bicyclic) bond motifs is 1. The number of aryl methyl sites for hydroxylation is 1. The molecule has 0 amide bonds. The molecule has 0 atom stereocenters. The summed E-state index contributed by atoms with van der Waals surface area (Å²) < 4.78 is 4.86. The van der Waals surface area contributed by atoms with Crippen LogP contribution in [0.4, 0.5) is 5.82 Å². The number of carbonyl (C=O) groups excluding carboxylic acids is 1. The molecule has 9 heteroatoms. The van der Waals surface area contributed by atoms with E-state index < -0.39 is 5.97 Å². The average Bonchev–Trinajstić information content (AvgIpc) is 2.81. The van der Waals surface area contributed by atoms with E-state index >= 15 is 0 Å². The molecule has 0 aromatic carbocycles. The Bertz CT molecular complexity index is 745. The average molecular weight is 355 g/mol. The smallest absolute Gasteiger partial charge is 0.346 e. The van der Waals surface area contributed by atoms with E-state index in [2.05, 4.69) is 9.97 Å². The second-order valence-corrected chi connectivity index (χ2v) is 6.75. The molecule has 0 radical (unpaired) electrons. The van der Waals surface area contributed by atoms with Gasteiger partial charge in [0.15, 0.2) is 5.16 Å². The lowest BCUT2D eigenvalue weighted by Crippen LogP contribution is -2.04. The molecule has 2 heterocycles. The second kappa shape index (κ2) is 7.60. The van der Waals surface area contributed by atoms with Gasteiger partial charge in [0.05, 0.1) is 12.0 Å². The SMILES string of the molecule is CCOC(=O)CCCSc1nc(N)c2c(C)c(C(=O)O)sc2n1. The maximum atomic E-state index is 11.3. The van der Waals surface area contributed by atoms with Crippen molar-refractivity contribution in [3.8, 4) is 0 Å². The number of rotatable bonds is 7. The Balaban J connectivity index is 2.08. The van der Waals surface area contributed by atoms with Crippen LogP contribution in [0.15, 0.2) is 5.16 Å². The second-order valence-electron chi connectivity index (χ2n) is 4.69. The highest BCUT2D eigenvalue weighted by Gasteiger charge is 2.19. The van der Waals surface area contributed by atoms with Gasteiger partial charge in [0.1, 0.15) is 15.5 Å². The topological polar surface area (TPSA) is 115 Å². The monoisotopic (exact) mass is 355 g/mol. The van der Waals surface area contributed by atoms with E-state index in [-0.39, 0.29) is 16.7 Å². The van der Waals surface area contributed by atoms with Gasteiger partial charge in [-0.3, -0.25) is 4.79 Å². The fraction of sp³-hybridized carbons (Fsp3) is 0.429. The highest BCUT2D eigenvalue weighted by Crippen LogP contribution is 2.34. The van der Waals surface area contributed by atoms with Gasteiger partial charge in [0.2, 0.25) is 0 Å². The first-order chi connectivity index (χ1) is 10.9. The summed E-state index contributed by atoms with van der Waals surface area (Å²) in [5.41, 5.74) is 6.53. The molecule has 7 nitrogen and oxygen atoms in total. The van der Waals surface area contributed by atoms with Crippen molar-refractivity contribution in [1.82, 2.24) is 9.97 Å². The van der Waals surface area contributed by atoms with E-state index in [1.165, 1.54) is 11.8 Å². The van der Waals surface area contributed by atoms with Crippen LogP contribution in [0.5, 0.6) is 0 Å². The van der Waals surface area contributed by atoms with Crippen LogP contribution in [0.1, 0.15) is 35.0 Å². The number of esters is 1. The van der Waals surface area contributed by atoms with E-state index in [9.17, 15) is 9.59 Å². The zero-order valence-electron chi connectivity index (χ0n) is 12.8. The van der Waals surface area contributed by atoms with Crippen molar-refractivity contribution >= 4 is 51.1 Å². The Morgan fingerprint density at radius 3 is 2.78 bits per heavy atom. The molecule has 23 heavy (non-hydrogen) atoms. The fourth-order valence-electron chi connectivity index (χ4n) is 2.03. The number of aromatic nitrogens is 2. The molecule has 124 valence electrons. The van der Waals surface area contributed by atoms with Crippen LogP contribution in [0.2, 0.25) is 0 Å². The highest BCUT2D eigenvalue weighted by atomic mass is 32.2. The quantitative estimate of drug-likeness (QED) is 0.337. The van der Waals surface area contributed by atoms with Gasteiger partial charge >= 0.3 is 11.9 Å². The van der Waals surface area contributed by atoms with Crippen LogP contribution in [-0.2, 0) is 9.53 Å². The van der Waals surface area contributed by atoms with E-state index in [0.717, 1.165) is 11.3 Å². The van der Waals surface area contributed by atoms with Crippen molar-refractivity contribution in [2.24, 2.45) is 0 Å². The summed E-state index contributed by atoms with van der Waals surface area (Å²) in [7, 11) is 0. The fourth-order valence-corrected chi connectivity index (χ4v) is 3.91. The van der Waals surface area contributed by atoms with Crippen LogP contribution in [0.3, 0.4) is 0 Å². The van der Waals surface area contributed by atoms with E-state index in [4.69, 9.17) is 15.6 Å². The van der Waals surface area contributed by atoms with Gasteiger partial charge in [-0.2, -0.15) is 0 Å². The normalized spacial score (nSPS) is 10.9. The number of thioether (sulfide) groups is 1. The molecule has 0 fully saturated rings. The molecule has 0 unspecified atom stereocenters. The van der Waals surface area contributed by atoms with Gasteiger partial charge in [-0.05, 0) is 25.8 Å². The molecule has 3 N–H and O–H groups in total. The van der Waals surface area contributed by atoms with Crippen molar-refractivity contribution in [3.05, 3.63) is 10.4 Å². The zero-order chi connectivity index (χ0) is 17.0. The first-order valence-corrected chi connectivity index (χ1v) is 8.82. The minimum atomic E-state index is -0.992.